The number of piperidine rings is 2. The maximum absolute atomic E-state index is 12.5. The molecular formula is C17H26N2O. The minimum Gasteiger partial charge on any atom is -0.294 e. The number of carbonyl (C=O) groups is 1. The lowest BCUT2D eigenvalue weighted by molar-refractivity contribution is -0.123. The van der Waals surface area contributed by atoms with Crippen LogP contribution in [0.25, 0.3) is 0 Å². The summed E-state index contributed by atoms with van der Waals surface area (Å²) in [5, 5.41) is 5.02. The normalized spacial score (nSPS) is 26.5. The molecule has 0 aromatic heterocycles. The minimum absolute atomic E-state index is 0.272. The van der Waals surface area contributed by atoms with Crippen LogP contribution in [-0.2, 0) is 4.79 Å². The first-order chi connectivity index (χ1) is 9.84. The van der Waals surface area contributed by atoms with E-state index in [4.69, 9.17) is 0 Å². The zero-order chi connectivity index (χ0) is 13.8. The van der Waals surface area contributed by atoms with Crippen molar-refractivity contribution in [3.05, 3.63) is 23.8 Å². The topological polar surface area (TPSA) is 23.6 Å². The number of nitrogens with zero attached hydrogens (tertiary/aromatic N) is 2. The zero-order valence-corrected chi connectivity index (χ0v) is 12.4. The summed E-state index contributed by atoms with van der Waals surface area (Å²) in [5.41, 5.74) is 1.06. The van der Waals surface area contributed by atoms with E-state index in [2.05, 4.69) is 16.1 Å². The third-order valence-electron chi connectivity index (χ3n) is 4.90. The Bertz CT molecular complexity index is 399. The number of Topliss-reactive ketones (excluding diaryl/α,β-unsaturated/α-hetero) is 1. The molecule has 0 bridgehead atoms. The molecule has 3 rings (SSSR count). The summed E-state index contributed by atoms with van der Waals surface area (Å²) < 4.78 is 0. The zero-order valence-electron chi connectivity index (χ0n) is 12.4. The fourth-order valence-corrected chi connectivity index (χ4v) is 3.64. The van der Waals surface area contributed by atoms with Gasteiger partial charge in [-0.1, -0.05) is 24.6 Å². The molecule has 2 fully saturated rings. The van der Waals surface area contributed by atoms with E-state index in [1.165, 1.54) is 32.4 Å². The van der Waals surface area contributed by atoms with Crippen molar-refractivity contribution in [2.45, 2.75) is 44.9 Å². The third-order valence-corrected chi connectivity index (χ3v) is 4.90. The summed E-state index contributed by atoms with van der Waals surface area (Å²) >= 11 is 0. The summed E-state index contributed by atoms with van der Waals surface area (Å²) in [7, 11) is 0. The van der Waals surface area contributed by atoms with Gasteiger partial charge in [-0.2, -0.15) is 0 Å². The fourth-order valence-electron chi connectivity index (χ4n) is 3.64. The highest BCUT2D eigenvalue weighted by Gasteiger charge is 2.29. The van der Waals surface area contributed by atoms with Gasteiger partial charge in [-0.25, -0.2) is 10.0 Å². The lowest BCUT2D eigenvalue weighted by Crippen LogP contribution is -2.49. The number of ketones is 1. The molecule has 0 spiro atoms. The maximum Gasteiger partial charge on any atom is 0.162 e. The standard InChI is InChI=1S/C17H26N2O/c20-17(15-7-3-1-4-8-15)16-9-13-19(14-10-16)18-11-5-2-6-12-18/h1,3,7,16H,2,4-6,8-14H2. The first kappa shape index (κ1) is 14.0. The Morgan fingerprint density at radius 3 is 2.35 bits per heavy atom. The molecule has 1 aliphatic carbocycles. The molecule has 0 amide bonds. The molecule has 3 nitrogen and oxygen atoms in total. The molecule has 0 radical (unpaired) electrons. The van der Waals surface area contributed by atoms with E-state index < -0.39 is 0 Å². The predicted octanol–water partition coefficient (Wildman–Crippen LogP) is 2.94. The third kappa shape index (κ3) is 3.21. The highest BCUT2D eigenvalue weighted by molar-refractivity contribution is 5.97. The lowest BCUT2D eigenvalue weighted by Gasteiger charge is -2.41. The van der Waals surface area contributed by atoms with E-state index in [9.17, 15) is 4.79 Å². The Hall–Kier alpha value is -0.930. The Kier molecular flexibility index (Phi) is 4.69. The van der Waals surface area contributed by atoms with Gasteiger partial charge in [-0.3, -0.25) is 4.79 Å². The number of allylic oxidation sites excluding steroid dienone is 4. The molecule has 110 valence electrons. The summed E-state index contributed by atoms with van der Waals surface area (Å²) in [4.78, 5) is 12.5. The monoisotopic (exact) mass is 274 g/mol. The molecule has 0 unspecified atom stereocenters. The first-order valence-corrected chi connectivity index (χ1v) is 8.24. The Labute approximate surface area is 122 Å². The summed E-state index contributed by atoms with van der Waals surface area (Å²) in [6.45, 7) is 4.57. The Balaban J connectivity index is 1.51. The number of hydrogen-bond donors (Lipinski definition) is 0. The van der Waals surface area contributed by atoms with Gasteiger partial charge in [-0.15, -0.1) is 0 Å². The molecule has 2 heterocycles. The van der Waals surface area contributed by atoms with E-state index in [-0.39, 0.29) is 5.92 Å². The molecule has 3 heteroatoms. The summed E-state index contributed by atoms with van der Waals surface area (Å²) in [6.07, 6.45) is 14.3. The van der Waals surface area contributed by atoms with E-state index in [0.717, 1.165) is 44.3 Å². The molecular weight excluding hydrogens is 248 g/mol. The Morgan fingerprint density at radius 2 is 1.70 bits per heavy atom. The number of rotatable bonds is 3. The van der Waals surface area contributed by atoms with Crippen molar-refractivity contribution in [3.8, 4) is 0 Å². The van der Waals surface area contributed by atoms with Crippen LogP contribution in [0.3, 0.4) is 0 Å². The lowest BCUT2D eigenvalue weighted by atomic mass is 9.86. The quantitative estimate of drug-likeness (QED) is 0.790. The van der Waals surface area contributed by atoms with Crippen LogP contribution >= 0.6 is 0 Å². The molecule has 2 saturated heterocycles. The molecule has 0 N–H and O–H groups in total. The van der Waals surface area contributed by atoms with Crippen molar-refractivity contribution in [2.24, 2.45) is 5.92 Å². The minimum atomic E-state index is 0.272. The maximum atomic E-state index is 12.5. The van der Waals surface area contributed by atoms with Gasteiger partial charge in [0.25, 0.3) is 0 Å². The van der Waals surface area contributed by atoms with Gasteiger partial charge in [0.2, 0.25) is 0 Å². The molecule has 2 aliphatic heterocycles. The van der Waals surface area contributed by atoms with Crippen molar-refractivity contribution in [3.63, 3.8) is 0 Å². The first-order valence-electron chi connectivity index (χ1n) is 8.24. The largest absolute Gasteiger partial charge is 0.294 e. The van der Waals surface area contributed by atoms with Crippen LogP contribution in [0.15, 0.2) is 23.8 Å². The smallest absolute Gasteiger partial charge is 0.162 e. The molecule has 3 aliphatic rings. The molecule has 0 aromatic rings. The number of hydrogen-bond acceptors (Lipinski definition) is 3. The molecule has 0 aromatic carbocycles. The summed E-state index contributed by atoms with van der Waals surface area (Å²) in [5.74, 6) is 0.696. The van der Waals surface area contributed by atoms with Gasteiger partial charge in [0.15, 0.2) is 5.78 Å². The van der Waals surface area contributed by atoms with Gasteiger partial charge < -0.3 is 0 Å². The average molecular weight is 274 g/mol. The highest BCUT2D eigenvalue weighted by Crippen LogP contribution is 2.26. The van der Waals surface area contributed by atoms with Gasteiger partial charge in [0, 0.05) is 32.1 Å². The van der Waals surface area contributed by atoms with Gasteiger partial charge >= 0.3 is 0 Å². The Morgan fingerprint density at radius 1 is 1.00 bits per heavy atom. The van der Waals surface area contributed by atoms with Crippen LogP contribution in [0, 0.1) is 5.92 Å². The second-order valence-corrected chi connectivity index (χ2v) is 6.27. The van der Waals surface area contributed by atoms with Crippen molar-refractivity contribution >= 4 is 5.78 Å². The molecule has 0 atom stereocenters. The summed E-state index contributed by atoms with van der Waals surface area (Å²) in [6, 6.07) is 0. The predicted molar refractivity (Wildman–Crippen MR) is 81.2 cm³/mol. The van der Waals surface area contributed by atoms with Crippen molar-refractivity contribution in [1.29, 1.82) is 0 Å². The van der Waals surface area contributed by atoms with Crippen LogP contribution in [0.5, 0.6) is 0 Å². The fraction of sp³-hybridized carbons (Fsp3) is 0.706. The molecule has 20 heavy (non-hydrogen) atoms. The van der Waals surface area contributed by atoms with Crippen molar-refractivity contribution < 1.29 is 4.79 Å². The van der Waals surface area contributed by atoms with Crippen LogP contribution in [-0.4, -0.2) is 42.0 Å². The average Bonchev–Trinajstić information content (AvgIpc) is 2.56. The van der Waals surface area contributed by atoms with Crippen molar-refractivity contribution in [1.82, 2.24) is 10.0 Å². The van der Waals surface area contributed by atoms with Gasteiger partial charge in [-0.05, 0) is 44.1 Å². The number of hydrazine groups is 1. The van der Waals surface area contributed by atoms with Crippen LogP contribution in [0.1, 0.15) is 44.9 Å². The SMILES string of the molecule is O=C(C1=CC=CCC1)C1CCN(N2CCCCC2)CC1. The van der Waals surface area contributed by atoms with Crippen LogP contribution < -0.4 is 0 Å². The van der Waals surface area contributed by atoms with Crippen LogP contribution in [0.2, 0.25) is 0 Å². The van der Waals surface area contributed by atoms with Gasteiger partial charge in [0.05, 0.1) is 0 Å². The number of carbonyl (C=O) groups excluding carboxylic acids is 1. The molecule has 0 saturated carbocycles. The van der Waals surface area contributed by atoms with E-state index in [1.54, 1.807) is 0 Å². The van der Waals surface area contributed by atoms with Crippen LogP contribution in [0.4, 0.5) is 0 Å². The highest BCUT2D eigenvalue weighted by atomic mass is 16.1. The van der Waals surface area contributed by atoms with E-state index in [1.807, 2.05) is 12.2 Å². The van der Waals surface area contributed by atoms with E-state index >= 15 is 0 Å². The second kappa shape index (κ2) is 6.68. The second-order valence-electron chi connectivity index (χ2n) is 6.27. The van der Waals surface area contributed by atoms with E-state index in [0.29, 0.717) is 5.78 Å². The van der Waals surface area contributed by atoms with Crippen molar-refractivity contribution in [2.75, 3.05) is 26.2 Å². The van der Waals surface area contributed by atoms with Gasteiger partial charge in [0.1, 0.15) is 0 Å².